The molecule has 0 bridgehead atoms. The van der Waals surface area contributed by atoms with Crippen LogP contribution in [0.4, 0.5) is 0 Å². The topological polar surface area (TPSA) is 23.5 Å². The molecular formula is C9H21NO. The van der Waals surface area contributed by atoms with Crippen molar-refractivity contribution >= 4 is 0 Å². The molecule has 1 aliphatic heterocycles. The number of piperidine rings is 1. The lowest BCUT2D eigenvalue weighted by molar-refractivity contribution is 0.173. The Labute approximate surface area is 70.2 Å². The summed E-state index contributed by atoms with van der Waals surface area (Å²) in [5, 5.41) is 8.58. The molecular weight excluding hydrogens is 138 g/mol. The van der Waals surface area contributed by atoms with Gasteiger partial charge in [0.2, 0.25) is 0 Å². The fourth-order valence-electron chi connectivity index (χ4n) is 1.32. The molecule has 0 spiro atoms. The fourth-order valence-corrected chi connectivity index (χ4v) is 1.32. The monoisotopic (exact) mass is 159 g/mol. The Kier molecular flexibility index (Phi) is 7.96. The van der Waals surface area contributed by atoms with Crippen molar-refractivity contribution in [2.75, 3.05) is 26.2 Å². The van der Waals surface area contributed by atoms with Gasteiger partial charge in [-0.05, 0) is 25.9 Å². The molecule has 2 nitrogen and oxygen atoms in total. The number of hydrogen-bond donors (Lipinski definition) is 1. The van der Waals surface area contributed by atoms with Gasteiger partial charge in [-0.2, -0.15) is 0 Å². The lowest BCUT2D eigenvalue weighted by Crippen LogP contribution is -2.31. The lowest BCUT2D eigenvalue weighted by Gasteiger charge is -2.25. The van der Waals surface area contributed by atoms with E-state index in [1.54, 1.807) is 0 Å². The fraction of sp³-hybridized carbons (Fsp3) is 1.00. The Morgan fingerprint density at radius 2 is 1.64 bits per heavy atom. The van der Waals surface area contributed by atoms with E-state index in [1.807, 2.05) is 13.8 Å². The third-order valence-electron chi connectivity index (χ3n) is 1.86. The van der Waals surface area contributed by atoms with Crippen molar-refractivity contribution in [3.63, 3.8) is 0 Å². The maximum absolute atomic E-state index is 8.58. The molecule has 0 aliphatic carbocycles. The number of likely N-dealkylation sites (tertiary alicyclic amines) is 1. The second kappa shape index (κ2) is 8.02. The van der Waals surface area contributed by atoms with E-state index in [0.717, 1.165) is 6.54 Å². The molecule has 0 atom stereocenters. The Morgan fingerprint density at radius 3 is 2.09 bits per heavy atom. The average Bonchev–Trinajstić information content (AvgIpc) is 2.11. The number of rotatable bonds is 2. The van der Waals surface area contributed by atoms with Crippen LogP contribution in [0.1, 0.15) is 33.1 Å². The van der Waals surface area contributed by atoms with Gasteiger partial charge >= 0.3 is 0 Å². The Morgan fingerprint density at radius 1 is 1.09 bits per heavy atom. The van der Waals surface area contributed by atoms with Crippen molar-refractivity contribution in [2.24, 2.45) is 0 Å². The summed E-state index contributed by atoms with van der Waals surface area (Å²) in [6, 6.07) is 0. The summed E-state index contributed by atoms with van der Waals surface area (Å²) in [6.07, 6.45) is 4.02. The minimum absolute atomic E-state index is 0.319. The summed E-state index contributed by atoms with van der Waals surface area (Å²) in [6.45, 7) is 7.58. The van der Waals surface area contributed by atoms with Gasteiger partial charge in [-0.3, -0.25) is 0 Å². The molecule has 1 fully saturated rings. The predicted octanol–water partition coefficient (Wildman–Crippen LogP) is 1.49. The van der Waals surface area contributed by atoms with Crippen LogP contribution >= 0.6 is 0 Å². The van der Waals surface area contributed by atoms with Crippen LogP contribution < -0.4 is 0 Å². The van der Waals surface area contributed by atoms with Gasteiger partial charge in [0.15, 0.2) is 0 Å². The van der Waals surface area contributed by atoms with E-state index in [1.165, 1.54) is 32.4 Å². The summed E-state index contributed by atoms with van der Waals surface area (Å²) >= 11 is 0. The molecule has 11 heavy (non-hydrogen) atoms. The molecule has 0 aromatic carbocycles. The molecule has 0 radical (unpaired) electrons. The van der Waals surface area contributed by atoms with Gasteiger partial charge in [-0.1, -0.05) is 20.3 Å². The van der Waals surface area contributed by atoms with Crippen molar-refractivity contribution in [1.82, 2.24) is 4.90 Å². The van der Waals surface area contributed by atoms with Gasteiger partial charge in [-0.15, -0.1) is 0 Å². The van der Waals surface area contributed by atoms with E-state index in [4.69, 9.17) is 5.11 Å². The predicted molar refractivity (Wildman–Crippen MR) is 48.7 cm³/mol. The molecule has 1 N–H and O–H groups in total. The SMILES string of the molecule is CC.OCCN1CCCCC1. The van der Waals surface area contributed by atoms with Crippen LogP contribution in [0.2, 0.25) is 0 Å². The molecule has 1 heterocycles. The van der Waals surface area contributed by atoms with Crippen molar-refractivity contribution in [1.29, 1.82) is 0 Å². The summed E-state index contributed by atoms with van der Waals surface area (Å²) in [5.74, 6) is 0. The first-order valence-corrected chi connectivity index (χ1v) is 4.76. The van der Waals surface area contributed by atoms with E-state index < -0.39 is 0 Å². The standard InChI is InChI=1S/C7H15NO.C2H6/c9-7-6-8-4-2-1-3-5-8;1-2/h9H,1-7H2;1-2H3. The summed E-state index contributed by atoms with van der Waals surface area (Å²) in [7, 11) is 0. The normalized spacial score (nSPS) is 18.8. The van der Waals surface area contributed by atoms with Crippen LogP contribution in [-0.4, -0.2) is 36.2 Å². The van der Waals surface area contributed by atoms with Gasteiger partial charge in [0.05, 0.1) is 6.61 Å². The van der Waals surface area contributed by atoms with Crippen LogP contribution in [0.15, 0.2) is 0 Å². The molecule has 0 amide bonds. The average molecular weight is 159 g/mol. The maximum Gasteiger partial charge on any atom is 0.0558 e. The van der Waals surface area contributed by atoms with E-state index in [-0.39, 0.29) is 0 Å². The smallest absolute Gasteiger partial charge is 0.0558 e. The largest absolute Gasteiger partial charge is 0.395 e. The van der Waals surface area contributed by atoms with Crippen molar-refractivity contribution in [3.8, 4) is 0 Å². The third kappa shape index (κ3) is 5.22. The summed E-state index contributed by atoms with van der Waals surface area (Å²) in [5.41, 5.74) is 0. The molecule has 0 aromatic rings. The third-order valence-corrected chi connectivity index (χ3v) is 1.86. The molecule has 68 valence electrons. The first-order valence-electron chi connectivity index (χ1n) is 4.76. The molecule has 2 heteroatoms. The highest BCUT2D eigenvalue weighted by molar-refractivity contribution is 4.62. The molecule has 0 saturated carbocycles. The van der Waals surface area contributed by atoms with Gasteiger partial charge in [-0.25, -0.2) is 0 Å². The number of β-amino-alcohol motifs (C(OH)–C–C–N with tert-alkyl or cyclic N) is 1. The molecule has 0 unspecified atom stereocenters. The highest BCUT2D eigenvalue weighted by Crippen LogP contribution is 2.06. The minimum Gasteiger partial charge on any atom is -0.395 e. The maximum atomic E-state index is 8.58. The molecule has 1 aliphatic rings. The Hall–Kier alpha value is -0.0800. The minimum atomic E-state index is 0.319. The van der Waals surface area contributed by atoms with Crippen LogP contribution in [0.3, 0.4) is 0 Å². The number of hydrogen-bond acceptors (Lipinski definition) is 2. The van der Waals surface area contributed by atoms with Gasteiger partial charge in [0, 0.05) is 6.54 Å². The number of aliphatic hydroxyl groups excluding tert-OH is 1. The van der Waals surface area contributed by atoms with Crippen LogP contribution in [-0.2, 0) is 0 Å². The van der Waals surface area contributed by atoms with Crippen molar-refractivity contribution in [3.05, 3.63) is 0 Å². The summed E-state index contributed by atoms with van der Waals surface area (Å²) < 4.78 is 0. The second-order valence-electron chi connectivity index (χ2n) is 2.63. The Bertz CT molecular complexity index is 67.2. The first kappa shape index (κ1) is 10.9. The van der Waals surface area contributed by atoms with Gasteiger partial charge < -0.3 is 10.0 Å². The highest BCUT2D eigenvalue weighted by atomic mass is 16.3. The molecule has 0 aromatic heterocycles. The van der Waals surface area contributed by atoms with Crippen LogP contribution in [0, 0.1) is 0 Å². The second-order valence-corrected chi connectivity index (χ2v) is 2.63. The van der Waals surface area contributed by atoms with E-state index in [9.17, 15) is 0 Å². The summed E-state index contributed by atoms with van der Waals surface area (Å²) in [4.78, 5) is 2.32. The first-order chi connectivity index (χ1) is 5.43. The zero-order valence-corrected chi connectivity index (χ0v) is 7.84. The van der Waals surface area contributed by atoms with E-state index >= 15 is 0 Å². The quantitative estimate of drug-likeness (QED) is 0.660. The van der Waals surface area contributed by atoms with E-state index in [0.29, 0.717) is 6.61 Å². The molecule has 1 rings (SSSR count). The van der Waals surface area contributed by atoms with Gasteiger partial charge in [0.1, 0.15) is 0 Å². The zero-order valence-electron chi connectivity index (χ0n) is 7.84. The van der Waals surface area contributed by atoms with Gasteiger partial charge in [0.25, 0.3) is 0 Å². The van der Waals surface area contributed by atoms with Crippen LogP contribution in [0.25, 0.3) is 0 Å². The lowest BCUT2D eigenvalue weighted by atomic mass is 10.1. The van der Waals surface area contributed by atoms with Crippen LogP contribution in [0.5, 0.6) is 0 Å². The van der Waals surface area contributed by atoms with E-state index in [2.05, 4.69) is 4.90 Å². The number of nitrogens with zero attached hydrogens (tertiary/aromatic N) is 1. The number of aliphatic hydroxyl groups is 1. The van der Waals surface area contributed by atoms with Crippen molar-refractivity contribution < 1.29 is 5.11 Å². The highest BCUT2D eigenvalue weighted by Gasteiger charge is 2.07. The zero-order chi connectivity index (χ0) is 8.53. The molecule has 1 saturated heterocycles. The Balaban J connectivity index is 0.000000461. The van der Waals surface area contributed by atoms with Crippen molar-refractivity contribution in [2.45, 2.75) is 33.1 Å².